The second-order valence-electron chi connectivity index (χ2n) is 4.75. The van der Waals surface area contributed by atoms with Crippen molar-refractivity contribution in [1.29, 1.82) is 0 Å². The van der Waals surface area contributed by atoms with E-state index < -0.39 is 11.6 Å². The lowest BCUT2D eigenvalue weighted by atomic mass is 9.97. The summed E-state index contributed by atoms with van der Waals surface area (Å²) in [6, 6.07) is 3.98. The average molecular weight is 255 g/mol. The third-order valence-corrected chi connectivity index (χ3v) is 3.41. The van der Waals surface area contributed by atoms with Crippen LogP contribution in [0.15, 0.2) is 18.2 Å². The first kappa shape index (κ1) is 13.4. The first-order chi connectivity index (χ1) is 8.67. The average Bonchev–Trinajstić information content (AvgIpc) is 3.17. The molecule has 1 fully saturated rings. The quantitative estimate of drug-likeness (QED) is 0.843. The van der Waals surface area contributed by atoms with Crippen LogP contribution in [-0.4, -0.2) is 19.8 Å². The van der Waals surface area contributed by atoms with E-state index >= 15 is 0 Å². The van der Waals surface area contributed by atoms with Crippen molar-refractivity contribution in [3.8, 4) is 0 Å². The molecule has 0 saturated heterocycles. The van der Waals surface area contributed by atoms with Crippen molar-refractivity contribution in [2.24, 2.45) is 5.92 Å². The Morgan fingerprint density at radius 2 is 2.06 bits per heavy atom. The molecule has 1 aliphatic rings. The zero-order valence-corrected chi connectivity index (χ0v) is 10.7. The van der Waals surface area contributed by atoms with E-state index in [1.807, 2.05) is 6.92 Å². The van der Waals surface area contributed by atoms with E-state index in [1.165, 1.54) is 12.1 Å². The molecule has 2 rings (SSSR count). The van der Waals surface area contributed by atoms with E-state index in [2.05, 4.69) is 5.32 Å². The van der Waals surface area contributed by atoms with Crippen LogP contribution in [-0.2, 0) is 4.74 Å². The number of likely N-dealkylation sites (N-methyl/N-ethyl adjacent to an activating group) is 1. The Kier molecular flexibility index (Phi) is 4.30. The molecule has 18 heavy (non-hydrogen) atoms. The third kappa shape index (κ3) is 2.87. The van der Waals surface area contributed by atoms with Gasteiger partial charge in [0.1, 0.15) is 0 Å². The Balaban J connectivity index is 2.24. The molecular formula is C14H19F2NO. The third-order valence-electron chi connectivity index (χ3n) is 3.41. The maximum atomic E-state index is 13.3. The minimum atomic E-state index is -0.811. The zero-order valence-electron chi connectivity index (χ0n) is 10.7. The van der Waals surface area contributed by atoms with Gasteiger partial charge in [0.05, 0.1) is 12.1 Å². The van der Waals surface area contributed by atoms with Crippen LogP contribution >= 0.6 is 0 Å². The van der Waals surface area contributed by atoms with Crippen molar-refractivity contribution in [2.75, 3.05) is 13.7 Å². The highest BCUT2D eigenvalue weighted by Gasteiger charge is 2.37. The van der Waals surface area contributed by atoms with Crippen molar-refractivity contribution < 1.29 is 13.5 Å². The highest BCUT2D eigenvalue weighted by Crippen LogP contribution is 2.39. The maximum absolute atomic E-state index is 13.3. The predicted octanol–water partition coefficient (Wildman–Crippen LogP) is 3.04. The van der Waals surface area contributed by atoms with Crippen LogP contribution in [0.3, 0.4) is 0 Å². The smallest absolute Gasteiger partial charge is 0.159 e. The SMILES string of the molecule is CCNC(c1ccc(F)c(F)c1)C(OC)C1CC1. The second kappa shape index (κ2) is 5.76. The largest absolute Gasteiger partial charge is 0.379 e. The number of rotatable bonds is 6. The van der Waals surface area contributed by atoms with E-state index in [0.29, 0.717) is 5.92 Å². The van der Waals surface area contributed by atoms with Crippen LogP contribution < -0.4 is 5.32 Å². The molecule has 2 nitrogen and oxygen atoms in total. The summed E-state index contributed by atoms with van der Waals surface area (Å²) in [5, 5.41) is 3.30. The first-order valence-corrected chi connectivity index (χ1v) is 6.38. The van der Waals surface area contributed by atoms with Crippen LogP contribution in [0, 0.1) is 17.6 Å². The maximum Gasteiger partial charge on any atom is 0.159 e. The summed E-state index contributed by atoms with van der Waals surface area (Å²) in [6.07, 6.45) is 2.31. The van der Waals surface area contributed by atoms with Gasteiger partial charge in [-0.25, -0.2) is 8.78 Å². The van der Waals surface area contributed by atoms with Gasteiger partial charge in [0.15, 0.2) is 11.6 Å². The Bertz CT molecular complexity index is 407. The second-order valence-corrected chi connectivity index (χ2v) is 4.75. The van der Waals surface area contributed by atoms with Gasteiger partial charge in [-0.2, -0.15) is 0 Å². The Labute approximate surface area is 106 Å². The lowest BCUT2D eigenvalue weighted by molar-refractivity contribution is 0.0510. The van der Waals surface area contributed by atoms with Gasteiger partial charge in [0.2, 0.25) is 0 Å². The van der Waals surface area contributed by atoms with E-state index in [4.69, 9.17) is 4.74 Å². The summed E-state index contributed by atoms with van der Waals surface area (Å²) in [5.74, 6) is -1.09. The molecule has 0 aliphatic heterocycles. The van der Waals surface area contributed by atoms with Gasteiger partial charge < -0.3 is 10.1 Å². The molecule has 2 unspecified atom stereocenters. The van der Waals surface area contributed by atoms with Crippen LogP contribution in [0.1, 0.15) is 31.4 Å². The fourth-order valence-electron chi connectivity index (χ4n) is 2.37. The summed E-state index contributed by atoms with van der Waals surface area (Å²) in [5.41, 5.74) is 0.745. The van der Waals surface area contributed by atoms with Gasteiger partial charge in [-0.1, -0.05) is 13.0 Å². The van der Waals surface area contributed by atoms with E-state index in [-0.39, 0.29) is 12.1 Å². The molecule has 1 N–H and O–H groups in total. The number of ether oxygens (including phenoxy) is 1. The lowest BCUT2D eigenvalue weighted by Crippen LogP contribution is -2.34. The fraction of sp³-hybridized carbons (Fsp3) is 0.571. The minimum absolute atomic E-state index is 0.0230. The summed E-state index contributed by atoms with van der Waals surface area (Å²) in [7, 11) is 1.67. The molecule has 2 atom stereocenters. The number of nitrogens with one attached hydrogen (secondary N) is 1. The first-order valence-electron chi connectivity index (χ1n) is 6.38. The van der Waals surface area contributed by atoms with Crippen LogP contribution in [0.4, 0.5) is 8.78 Å². The van der Waals surface area contributed by atoms with Gasteiger partial charge in [0.25, 0.3) is 0 Å². The molecule has 1 aliphatic carbocycles. The molecular weight excluding hydrogens is 236 g/mol. The molecule has 0 spiro atoms. The molecule has 1 aromatic carbocycles. The minimum Gasteiger partial charge on any atom is -0.379 e. The summed E-state index contributed by atoms with van der Waals surface area (Å²) >= 11 is 0. The van der Waals surface area contributed by atoms with Crippen molar-refractivity contribution in [3.05, 3.63) is 35.4 Å². The van der Waals surface area contributed by atoms with Crippen LogP contribution in [0.5, 0.6) is 0 Å². The zero-order chi connectivity index (χ0) is 13.1. The van der Waals surface area contributed by atoms with E-state index in [9.17, 15) is 8.78 Å². The molecule has 0 bridgehead atoms. The van der Waals surface area contributed by atoms with Gasteiger partial charge >= 0.3 is 0 Å². The summed E-state index contributed by atoms with van der Waals surface area (Å²) < 4.78 is 31.8. The highest BCUT2D eigenvalue weighted by molar-refractivity contribution is 5.23. The van der Waals surface area contributed by atoms with Gasteiger partial charge in [-0.3, -0.25) is 0 Å². The van der Waals surface area contributed by atoms with E-state index in [0.717, 1.165) is 24.9 Å². The molecule has 0 heterocycles. The standard InChI is InChI=1S/C14H19F2NO/c1-3-17-13(14(18-2)9-4-5-9)10-6-7-11(15)12(16)8-10/h6-9,13-14,17H,3-5H2,1-2H3. The highest BCUT2D eigenvalue weighted by atomic mass is 19.2. The monoisotopic (exact) mass is 255 g/mol. The van der Waals surface area contributed by atoms with Crippen molar-refractivity contribution in [1.82, 2.24) is 5.32 Å². The summed E-state index contributed by atoms with van der Waals surface area (Å²) in [4.78, 5) is 0. The molecule has 100 valence electrons. The molecule has 1 aromatic rings. The van der Waals surface area contributed by atoms with Crippen molar-refractivity contribution in [2.45, 2.75) is 31.9 Å². The molecule has 1 saturated carbocycles. The van der Waals surface area contributed by atoms with Crippen molar-refractivity contribution >= 4 is 0 Å². The van der Waals surface area contributed by atoms with E-state index in [1.54, 1.807) is 13.2 Å². The fourth-order valence-corrected chi connectivity index (χ4v) is 2.37. The van der Waals surface area contributed by atoms with Gasteiger partial charge in [-0.15, -0.1) is 0 Å². The van der Waals surface area contributed by atoms with Gasteiger partial charge in [0, 0.05) is 7.11 Å². The number of hydrogen-bond acceptors (Lipinski definition) is 2. The number of hydrogen-bond donors (Lipinski definition) is 1. The van der Waals surface area contributed by atoms with Crippen LogP contribution in [0.2, 0.25) is 0 Å². The number of halogens is 2. The molecule has 0 aromatic heterocycles. The molecule has 4 heteroatoms. The molecule has 0 radical (unpaired) electrons. The van der Waals surface area contributed by atoms with Crippen molar-refractivity contribution in [3.63, 3.8) is 0 Å². The number of methoxy groups -OCH3 is 1. The Morgan fingerprint density at radius 3 is 2.56 bits per heavy atom. The lowest BCUT2D eigenvalue weighted by Gasteiger charge is -2.27. The topological polar surface area (TPSA) is 21.3 Å². The molecule has 0 amide bonds. The Morgan fingerprint density at radius 1 is 1.33 bits per heavy atom. The Hall–Kier alpha value is -1.00. The predicted molar refractivity (Wildman–Crippen MR) is 66.3 cm³/mol. The summed E-state index contributed by atoms with van der Waals surface area (Å²) in [6.45, 7) is 2.75. The number of benzene rings is 1. The normalized spacial score (nSPS) is 18.7. The van der Waals surface area contributed by atoms with Gasteiger partial charge in [-0.05, 0) is 43.0 Å². The van der Waals surface area contributed by atoms with Crippen LogP contribution in [0.25, 0.3) is 0 Å².